The maximum atomic E-state index is 12.8. The van der Waals surface area contributed by atoms with E-state index in [1.807, 2.05) is 18.3 Å². The fraction of sp³-hybridized carbons (Fsp3) is 0.250. The van der Waals surface area contributed by atoms with Crippen molar-refractivity contribution in [3.8, 4) is 11.8 Å². The number of aryl methyl sites for hydroxylation is 1. The van der Waals surface area contributed by atoms with Crippen molar-refractivity contribution in [2.45, 2.75) is 0 Å². The van der Waals surface area contributed by atoms with Crippen LogP contribution in [0.1, 0.15) is 5.56 Å². The summed E-state index contributed by atoms with van der Waals surface area (Å²) in [6, 6.07) is 12.9. The minimum absolute atomic E-state index is 0.232. The Morgan fingerprint density at radius 1 is 1.14 bits per heavy atom. The average Bonchev–Trinajstić information content (AvgIpc) is 3.18. The van der Waals surface area contributed by atoms with E-state index in [1.54, 1.807) is 31.3 Å². The zero-order valence-electron chi connectivity index (χ0n) is 19.3. The minimum Gasteiger partial charge on any atom is -0.493 e. The van der Waals surface area contributed by atoms with Crippen molar-refractivity contribution >= 4 is 39.7 Å². The second-order valence-corrected chi connectivity index (χ2v) is 8.00. The number of benzene rings is 1. The first-order valence-electron chi connectivity index (χ1n) is 11.1. The summed E-state index contributed by atoms with van der Waals surface area (Å²) in [5, 5.41) is 19.2. The summed E-state index contributed by atoms with van der Waals surface area (Å²) in [7, 11) is 3.13. The van der Waals surface area contributed by atoms with E-state index in [0.29, 0.717) is 58.6 Å². The van der Waals surface area contributed by atoms with Crippen LogP contribution in [-0.4, -0.2) is 53.2 Å². The predicted molar refractivity (Wildman–Crippen MR) is 133 cm³/mol. The SMILES string of the molecule is COc1c(C#N)cccc1Nc1cc(Nc2ccc(N3CCOCC3)cn2)nc2[nH]n(C)c(=O)c12. The number of hydrogen-bond donors (Lipinski definition) is 3. The van der Waals surface area contributed by atoms with Crippen LogP contribution in [0.2, 0.25) is 0 Å². The van der Waals surface area contributed by atoms with Gasteiger partial charge in [-0.15, -0.1) is 0 Å². The Balaban J connectivity index is 1.49. The molecule has 3 N–H and O–H groups in total. The number of ether oxygens (including phenoxy) is 2. The molecule has 1 aliphatic heterocycles. The number of aromatic amines is 1. The highest BCUT2D eigenvalue weighted by atomic mass is 16.5. The van der Waals surface area contributed by atoms with Gasteiger partial charge in [0.15, 0.2) is 11.4 Å². The zero-order valence-corrected chi connectivity index (χ0v) is 19.3. The summed E-state index contributed by atoms with van der Waals surface area (Å²) in [6.45, 7) is 3.08. The van der Waals surface area contributed by atoms with Gasteiger partial charge in [0.1, 0.15) is 23.1 Å². The number of rotatable bonds is 6. The summed E-state index contributed by atoms with van der Waals surface area (Å²) in [6.07, 6.45) is 1.81. The number of aromatic nitrogens is 4. The fourth-order valence-electron chi connectivity index (χ4n) is 4.07. The van der Waals surface area contributed by atoms with Gasteiger partial charge in [0.25, 0.3) is 5.56 Å². The summed E-state index contributed by atoms with van der Waals surface area (Å²) < 4.78 is 12.2. The molecule has 1 aliphatic rings. The molecule has 4 heterocycles. The summed E-state index contributed by atoms with van der Waals surface area (Å²) in [5.41, 5.74) is 2.66. The molecule has 5 rings (SSSR count). The second kappa shape index (κ2) is 9.36. The minimum atomic E-state index is -0.232. The number of morpholine rings is 1. The molecular weight excluding hydrogens is 448 g/mol. The molecule has 0 atom stereocenters. The lowest BCUT2D eigenvalue weighted by Crippen LogP contribution is -2.36. The molecule has 11 heteroatoms. The molecule has 35 heavy (non-hydrogen) atoms. The van der Waals surface area contributed by atoms with Crippen molar-refractivity contribution < 1.29 is 9.47 Å². The number of nitrogens with zero attached hydrogens (tertiary/aromatic N) is 5. The van der Waals surface area contributed by atoms with E-state index in [-0.39, 0.29) is 5.56 Å². The molecule has 11 nitrogen and oxygen atoms in total. The molecule has 1 fully saturated rings. The Morgan fingerprint density at radius 3 is 2.69 bits per heavy atom. The highest BCUT2D eigenvalue weighted by Gasteiger charge is 2.17. The van der Waals surface area contributed by atoms with Gasteiger partial charge in [0.2, 0.25) is 0 Å². The Labute approximate surface area is 200 Å². The molecule has 0 radical (unpaired) electrons. The molecule has 0 amide bonds. The number of H-pyrrole nitrogens is 1. The Kier molecular flexibility index (Phi) is 5.95. The molecule has 1 saturated heterocycles. The third kappa shape index (κ3) is 4.34. The Morgan fingerprint density at radius 2 is 1.97 bits per heavy atom. The van der Waals surface area contributed by atoms with E-state index < -0.39 is 0 Å². The lowest BCUT2D eigenvalue weighted by molar-refractivity contribution is 0.122. The van der Waals surface area contributed by atoms with Crippen LogP contribution in [0.25, 0.3) is 11.0 Å². The Bertz CT molecular complexity index is 1460. The summed E-state index contributed by atoms with van der Waals surface area (Å²) >= 11 is 0. The normalized spacial score (nSPS) is 13.5. The molecule has 178 valence electrons. The van der Waals surface area contributed by atoms with Gasteiger partial charge in [-0.1, -0.05) is 6.07 Å². The molecule has 0 aliphatic carbocycles. The number of para-hydroxylation sites is 1. The number of nitriles is 1. The summed E-state index contributed by atoms with van der Waals surface area (Å²) in [4.78, 5) is 24.1. The van der Waals surface area contributed by atoms with E-state index in [0.717, 1.165) is 18.8 Å². The van der Waals surface area contributed by atoms with Gasteiger partial charge in [0.05, 0.1) is 49.1 Å². The molecule has 0 spiro atoms. The standard InChI is InChI=1S/C24H24N8O3/c1-31-24(33)21-18(27-17-5-3-4-15(13-25)22(17)34-2)12-20(29-23(21)30-31)28-19-7-6-16(14-26-19)32-8-10-35-11-9-32/h3-7,12,14H,8-11H2,1-2H3,(H3,26,27,28,29,30). The third-order valence-electron chi connectivity index (χ3n) is 5.80. The van der Waals surface area contributed by atoms with Crippen molar-refractivity contribution in [2.24, 2.45) is 7.05 Å². The lowest BCUT2D eigenvalue weighted by atomic mass is 10.1. The fourth-order valence-corrected chi connectivity index (χ4v) is 4.07. The van der Waals surface area contributed by atoms with Crippen LogP contribution in [0.3, 0.4) is 0 Å². The van der Waals surface area contributed by atoms with Crippen LogP contribution >= 0.6 is 0 Å². The topological polar surface area (TPSA) is 133 Å². The quantitative estimate of drug-likeness (QED) is 0.387. The number of nitrogens with one attached hydrogen (secondary N) is 3. The molecule has 3 aromatic heterocycles. The number of fused-ring (bicyclic) bond motifs is 1. The number of methoxy groups -OCH3 is 1. The Hall–Kier alpha value is -4.56. The first-order chi connectivity index (χ1) is 17.1. The van der Waals surface area contributed by atoms with Gasteiger partial charge in [-0.3, -0.25) is 14.6 Å². The van der Waals surface area contributed by atoms with Gasteiger partial charge in [-0.25, -0.2) is 9.97 Å². The number of anilines is 5. The first-order valence-corrected chi connectivity index (χ1v) is 11.1. The van der Waals surface area contributed by atoms with Crippen molar-refractivity contribution in [3.63, 3.8) is 0 Å². The number of hydrogen-bond acceptors (Lipinski definition) is 9. The van der Waals surface area contributed by atoms with Gasteiger partial charge < -0.3 is 25.0 Å². The van der Waals surface area contributed by atoms with Crippen molar-refractivity contribution in [3.05, 3.63) is 58.5 Å². The highest BCUT2D eigenvalue weighted by molar-refractivity contribution is 5.93. The third-order valence-corrected chi connectivity index (χ3v) is 5.80. The van der Waals surface area contributed by atoms with Crippen molar-refractivity contribution in [1.82, 2.24) is 19.7 Å². The first kappa shape index (κ1) is 22.2. The molecular formula is C24H24N8O3. The van der Waals surface area contributed by atoms with E-state index in [1.165, 1.54) is 11.8 Å². The summed E-state index contributed by atoms with van der Waals surface area (Å²) in [5.74, 6) is 1.49. The zero-order chi connectivity index (χ0) is 24.4. The van der Waals surface area contributed by atoms with E-state index in [9.17, 15) is 10.1 Å². The van der Waals surface area contributed by atoms with Crippen molar-refractivity contribution in [1.29, 1.82) is 5.26 Å². The van der Waals surface area contributed by atoms with Gasteiger partial charge in [-0.05, 0) is 24.3 Å². The molecule has 0 unspecified atom stereocenters. The molecule has 0 bridgehead atoms. The smallest absolute Gasteiger partial charge is 0.277 e. The largest absolute Gasteiger partial charge is 0.493 e. The van der Waals surface area contributed by atoms with Crippen LogP contribution < -0.4 is 25.8 Å². The van der Waals surface area contributed by atoms with Crippen LogP contribution in [0.5, 0.6) is 5.75 Å². The second-order valence-electron chi connectivity index (χ2n) is 8.00. The lowest BCUT2D eigenvalue weighted by Gasteiger charge is -2.28. The van der Waals surface area contributed by atoms with Crippen LogP contribution in [0, 0.1) is 11.3 Å². The maximum Gasteiger partial charge on any atom is 0.277 e. The van der Waals surface area contributed by atoms with Crippen molar-refractivity contribution in [2.75, 3.05) is 48.9 Å². The molecule has 1 aromatic carbocycles. The van der Waals surface area contributed by atoms with Gasteiger partial charge in [0, 0.05) is 26.2 Å². The highest BCUT2D eigenvalue weighted by Crippen LogP contribution is 2.33. The van der Waals surface area contributed by atoms with Gasteiger partial charge >= 0.3 is 0 Å². The van der Waals surface area contributed by atoms with Crippen LogP contribution in [-0.2, 0) is 11.8 Å². The van der Waals surface area contributed by atoms with Crippen LogP contribution in [0.15, 0.2) is 47.4 Å². The van der Waals surface area contributed by atoms with E-state index in [4.69, 9.17) is 9.47 Å². The maximum absolute atomic E-state index is 12.8. The van der Waals surface area contributed by atoms with E-state index >= 15 is 0 Å². The molecule has 4 aromatic rings. The number of pyridine rings is 2. The van der Waals surface area contributed by atoms with E-state index in [2.05, 4.69) is 36.7 Å². The van der Waals surface area contributed by atoms with Crippen LogP contribution in [0.4, 0.5) is 28.7 Å². The monoisotopic (exact) mass is 472 g/mol. The molecule has 0 saturated carbocycles. The van der Waals surface area contributed by atoms with Gasteiger partial charge in [-0.2, -0.15) is 5.26 Å². The average molecular weight is 473 g/mol. The predicted octanol–water partition coefficient (Wildman–Crippen LogP) is 2.86.